The number of hydrogen-bond donors (Lipinski definition) is 1. The molecule has 28 heavy (non-hydrogen) atoms. The average Bonchev–Trinajstić information content (AvgIpc) is 2.76. The molecule has 1 aliphatic rings. The minimum Gasteiger partial charge on any atom is -0.352 e. The molecule has 1 aromatic heterocycles. The highest BCUT2D eigenvalue weighted by Crippen LogP contribution is 2.35. The molecular formula is C24H35ClN2O. The van der Waals surface area contributed by atoms with Crippen molar-refractivity contribution in [2.75, 3.05) is 6.54 Å². The Balaban J connectivity index is 0.000000921. The van der Waals surface area contributed by atoms with Crippen molar-refractivity contribution in [1.29, 1.82) is 0 Å². The van der Waals surface area contributed by atoms with Crippen molar-refractivity contribution >= 4 is 17.5 Å². The van der Waals surface area contributed by atoms with Crippen LogP contribution >= 0.6 is 11.6 Å². The van der Waals surface area contributed by atoms with Crippen molar-refractivity contribution in [1.82, 2.24) is 10.3 Å². The number of benzene rings is 1. The first-order chi connectivity index (χ1) is 13.6. The fourth-order valence-electron chi connectivity index (χ4n) is 3.46. The summed E-state index contributed by atoms with van der Waals surface area (Å²) in [7, 11) is 0. The maximum absolute atomic E-state index is 12.2. The van der Waals surface area contributed by atoms with Crippen molar-refractivity contribution in [3.63, 3.8) is 0 Å². The summed E-state index contributed by atoms with van der Waals surface area (Å²) in [5.41, 5.74) is 3.16. The summed E-state index contributed by atoms with van der Waals surface area (Å²) in [6, 6.07) is 11.4. The van der Waals surface area contributed by atoms with Gasteiger partial charge < -0.3 is 5.32 Å². The highest BCUT2D eigenvalue weighted by atomic mass is 35.5. The van der Waals surface area contributed by atoms with Crippen LogP contribution in [0.5, 0.6) is 0 Å². The second-order valence-corrected chi connectivity index (χ2v) is 7.10. The Bertz CT molecular complexity index is 692. The Hall–Kier alpha value is -1.87. The molecule has 0 radical (unpaired) electrons. The van der Waals surface area contributed by atoms with Gasteiger partial charge in [-0.05, 0) is 86.4 Å². The Morgan fingerprint density at radius 3 is 2.21 bits per heavy atom. The van der Waals surface area contributed by atoms with E-state index in [4.69, 9.17) is 11.6 Å². The molecule has 0 aliphatic heterocycles. The lowest BCUT2D eigenvalue weighted by molar-refractivity contribution is 0.0943. The summed E-state index contributed by atoms with van der Waals surface area (Å²) in [5.74, 6) is 1.19. The molecule has 1 N–H and O–H groups in total. The van der Waals surface area contributed by atoms with Gasteiger partial charge >= 0.3 is 0 Å². The molecule has 1 amide bonds. The van der Waals surface area contributed by atoms with E-state index in [1.165, 1.54) is 18.4 Å². The van der Waals surface area contributed by atoms with E-state index < -0.39 is 0 Å². The zero-order chi connectivity index (χ0) is 20.9. The van der Waals surface area contributed by atoms with Gasteiger partial charge in [0.2, 0.25) is 0 Å². The third-order valence-electron chi connectivity index (χ3n) is 4.90. The second kappa shape index (κ2) is 13.3. The predicted molar refractivity (Wildman–Crippen MR) is 120 cm³/mol. The summed E-state index contributed by atoms with van der Waals surface area (Å²) < 4.78 is 0. The number of carbonyl (C=O) groups is 1. The molecule has 0 spiro atoms. The van der Waals surface area contributed by atoms with Crippen LogP contribution in [0.4, 0.5) is 0 Å². The number of aryl methyl sites for hydroxylation is 1. The predicted octanol–water partition coefficient (Wildman–Crippen LogP) is 6.80. The van der Waals surface area contributed by atoms with Gasteiger partial charge in [-0.1, -0.05) is 39.3 Å². The summed E-state index contributed by atoms with van der Waals surface area (Å²) in [6.45, 7) is 10.8. The van der Waals surface area contributed by atoms with Crippen LogP contribution in [-0.4, -0.2) is 17.4 Å². The lowest BCUT2D eigenvalue weighted by Gasteiger charge is -2.29. The second-order valence-electron chi connectivity index (χ2n) is 6.67. The Labute approximate surface area is 175 Å². The van der Waals surface area contributed by atoms with Crippen LogP contribution in [-0.2, 0) is 0 Å². The summed E-state index contributed by atoms with van der Waals surface area (Å²) >= 11 is 5.85. The minimum absolute atomic E-state index is 0.0152. The van der Waals surface area contributed by atoms with Gasteiger partial charge in [-0.2, -0.15) is 0 Å². The van der Waals surface area contributed by atoms with Crippen molar-refractivity contribution in [2.45, 2.75) is 66.2 Å². The Morgan fingerprint density at radius 2 is 1.64 bits per heavy atom. The molecule has 0 bridgehead atoms. The summed E-state index contributed by atoms with van der Waals surface area (Å²) in [4.78, 5) is 16.4. The van der Waals surface area contributed by atoms with Gasteiger partial charge in [-0.15, -0.1) is 0 Å². The van der Waals surface area contributed by atoms with Gasteiger partial charge in [-0.3, -0.25) is 9.78 Å². The van der Waals surface area contributed by atoms with Gasteiger partial charge in [-0.25, -0.2) is 0 Å². The lowest BCUT2D eigenvalue weighted by Crippen LogP contribution is -2.31. The molecule has 154 valence electrons. The fourth-order valence-corrected chi connectivity index (χ4v) is 3.59. The van der Waals surface area contributed by atoms with E-state index in [0.29, 0.717) is 22.4 Å². The molecule has 3 nitrogen and oxygen atoms in total. The SMILES string of the molecule is CC.CC.Cc1cc(C2CCC(CNC(=O)c3ccc(Cl)cc3)CC2)ccn1. The number of pyridine rings is 1. The van der Waals surface area contributed by atoms with Crippen LogP contribution in [0.2, 0.25) is 5.02 Å². The number of hydrogen-bond acceptors (Lipinski definition) is 2. The van der Waals surface area contributed by atoms with Crippen LogP contribution in [0, 0.1) is 12.8 Å². The molecule has 0 atom stereocenters. The third-order valence-corrected chi connectivity index (χ3v) is 5.15. The first-order valence-electron chi connectivity index (χ1n) is 10.6. The zero-order valence-electron chi connectivity index (χ0n) is 18.0. The molecule has 1 aromatic carbocycles. The topological polar surface area (TPSA) is 42.0 Å². The van der Waals surface area contributed by atoms with Crippen LogP contribution in [0.25, 0.3) is 0 Å². The maximum atomic E-state index is 12.2. The van der Waals surface area contributed by atoms with E-state index in [0.717, 1.165) is 25.1 Å². The van der Waals surface area contributed by atoms with E-state index in [1.54, 1.807) is 24.3 Å². The number of carbonyl (C=O) groups excluding carboxylic acids is 1. The van der Waals surface area contributed by atoms with Crippen LogP contribution in [0.15, 0.2) is 42.6 Å². The normalized spacial score (nSPS) is 18.1. The smallest absolute Gasteiger partial charge is 0.251 e. The molecule has 0 saturated heterocycles. The molecule has 1 fully saturated rings. The summed E-state index contributed by atoms with van der Waals surface area (Å²) in [6.07, 6.45) is 6.60. The molecule has 2 aromatic rings. The third kappa shape index (κ3) is 7.63. The van der Waals surface area contributed by atoms with Gasteiger partial charge in [0, 0.05) is 29.0 Å². The zero-order valence-corrected chi connectivity index (χ0v) is 18.7. The van der Waals surface area contributed by atoms with Crippen molar-refractivity contribution in [3.8, 4) is 0 Å². The number of aromatic nitrogens is 1. The van der Waals surface area contributed by atoms with E-state index in [2.05, 4.69) is 22.4 Å². The maximum Gasteiger partial charge on any atom is 0.251 e. The molecule has 3 rings (SSSR count). The summed E-state index contributed by atoms with van der Waals surface area (Å²) in [5, 5.41) is 3.71. The first kappa shape index (κ1) is 24.2. The van der Waals surface area contributed by atoms with E-state index in [1.807, 2.05) is 40.8 Å². The molecular weight excluding hydrogens is 368 g/mol. The van der Waals surface area contributed by atoms with E-state index in [-0.39, 0.29) is 5.91 Å². The first-order valence-corrected chi connectivity index (χ1v) is 11.0. The number of rotatable bonds is 4. The number of amides is 1. The highest BCUT2D eigenvalue weighted by molar-refractivity contribution is 6.30. The lowest BCUT2D eigenvalue weighted by atomic mass is 9.79. The van der Waals surface area contributed by atoms with Gasteiger partial charge in [0.05, 0.1) is 0 Å². The van der Waals surface area contributed by atoms with Crippen LogP contribution in [0.3, 0.4) is 0 Å². The van der Waals surface area contributed by atoms with Gasteiger partial charge in [0.1, 0.15) is 0 Å². The van der Waals surface area contributed by atoms with Gasteiger partial charge in [0.15, 0.2) is 0 Å². The van der Waals surface area contributed by atoms with E-state index >= 15 is 0 Å². The molecule has 1 heterocycles. The average molecular weight is 403 g/mol. The van der Waals surface area contributed by atoms with Crippen molar-refractivity contribution in [2.24, 2.45) is 5.92 Å². The van der Waals surface area contributed by atoms with Crippen molar-refractivity contribution in [3.05, 3.63) is 64.4 Å². The largest absolute Gasteiger partial charge is 0.352 e. The molecule has 1 aliphatic carbocycles. The van der Waals surface area contributed by atoms with E-state index in [9.17, 15) is 4.79 Å². The molecule has 0 unspecified atom stereocenters. The fraction of sp³-hybridized carbons (Fsp3) is 0.500. The Morgan fingerprint density at radius 1 is 1.04 bits per heavy atom. The molecule has 4 heteroatoms. The standard InChI is InChI=1S/C20H23ClN2O.2C2H6/c1-14-12-18(10-11-22-14)16-4-2-15(3-5-16)13-23-20(24)17-6-8-19(21)9-7-17;2*1-2/h6-12,15-16H,2-5,13H2,1H3,(H,23,24);2*1-2H3. The quantitative estimate of drug-likeness (QED) is 0.610. The van der Waals surface area contributed by atoms with Gasteiger partial charge in [0.25, 0.3) is 5.91 Å². The number of nitrogens with one attached hydrogen (secondary N) is 1. The monoisotopic (exact) mass is 402 g/mol. The Kier molecular flexibility index (Phi) is 11.5. The van der Waals surface area contributed by atoms with Crippen LogP contribution in [0.1, 0.15) is 80.9 Å². The number of nitrogens with zero attached hydrogens (tertiary/aromatic N) is 1. The van der Waals surface area contributed by atoms with Crippen LogP contribution < -0.4 is 5.32 Å². The number of halogens is 1. The van der Waals surface area contributed by atoms with Crippen molar-refractivity contribution < 1.29 is 4.79 Å². The highest BCUT2D eigenvalue weighted by Gasteiger charge is 2.23. The minimum atomic E-state index is -0.0152. The molecule has 1 saturated carbocycles.